The Morgan fingerprint density at radius 1 is 0.960 bits per heavy atom. The minimum absolute atomic E-state index is 0.0673. The van der Waals surface area contributed by atoms with Crippen molar-refractivity contribution in [1.29, 1.82) is 15.8 Å². The molecule has 118 valence electrons. The zero-order valence-corrected chi connectivity index (χ0v) is 14.4. The number of thiazole rings is 1. The minimum atomic E-state index is -0.248. The zero-order chi connectivity index (χ0) is 17.6. The Kier molecular flexibility index (Phi) is 4.97. The van der Waals surface area contributed by atoms with E-state index in [4.69, 9.17) is 10.5 Å². The van der Waals surface area contributed by atoms with Gasteiger partial charge in [0.25, 0.3) is 0 Å². The van der Waals surface area contributed by atoms with Crippen LogP contribution in [0.1, 0.15) is 0 Å². The van der Waals surface area contributed by atoms with Gasteiger partial charge in [-0.15, -0.1) is 11.3 Å². The van der Waals surface area contributed by atoms with Crippen molar-refractivity contribution in [3.05, 3.63) is 59.8 Å². The molecule has 2 aromatic carbocycles. The van der Waals surface area contributed by atoms with Crippen molar-refractivity contribution in [1.82, 2.24) is 4.98 Å². The van der Waals surface area contributed by atoms with Crippen molar-refractivity contribution in [2.24, 2.45) is 0 Å². The van der Waals surface area contributed by atoms with Gasteiger partial charge in [-0.1, -0.05) is 36.0 Å². The fourth-order valence-corrected chi connectivity index (χ4v) is 4.18. The molecular weight excluding hydrogens is 350 g/mol. The van der Waals surface area contributed by atoms with Crippen molar-refractivity contribution in [2.75, 3.05) is 5.32 Å². The summed E-state index contributed by atoms with van der Waals surface area (Å²) < 4.78 is 1.98. The number of fused-ring (bicyclic) bond motifs is 1. The summed E-state index contributed by atoms with van der Waals surface area (Å²) in [6, 6.07) is 20.6. The van der Waals surface area contributed by atoms with E-state index < -0.39 is 0 Å². The average Bonchev–Trinajstić information content (AvgIpc) is 3.05. The third kappa shape index (κ3) is 3.62. The van der Waals surface area contributed by atoms with E-state index in [1.54, 1.807) is 29.5 Å². The standard InChI is InChI=1S/C18H9N5S2/c19-9-12(10-20)15(11-21)22-13-5-1-3-7-16(13)24-18-23-14-6-2-4-8-17(14)25-18/h1-8,22H. The zero-order valence-electron chi connectivity index (χ0n) is 12.7. The molecular formula is C18H9N5S2. The topological polar surface area (TPSA) is 96.3 Å². The fourth-order valence-electron chi connectivity index (χ4n) is 2.07. The number of benzene rings is 2. The van der Waals surface area contributed by atoms with Crippen molar-refractivity contribution in [2.45, 2.75) is 9.24 Å². The summed E-state index contributed by atoms with van der Waals surface area (Å²) in [6.07, 6.45) is 0. The lowest BCUT2D eigenvalue weighted by Gasteiger charge is -2.09. The van der Waals surface area contributed by atoms with Gasteiger partial charge in [0.15, 0.2) is 9.91 Å². The highest BCUT2D eigenvalue weighted by molar-refractivity contribution is 8.01. The Labute approximate surface area is 152 Å². The normalized spacial score (nSPS) is 9.64. The number of nitrogens with zero attached hydrogens (tertiary/aromatic N) is 4. The van der Waals surface area contributed by atoms with E-state index in [0.29, 0.717) is 5.69 Å². The van der Waals surface area contributed by atoms with Crippen LogP contribution in [0.15, 0.2) is 69.0 Å². The second-order valence-electron chi connectivity index (χ2n) is 4.76. The SMILES string of the molecule is N#CC(C#N)=C(C#N)Nc1ccccc1Sc1nc2ccccc2s1. The molecule has 0 atom stereocenters. The van der Waals surface area contributed by atoms with Crippen LogP contribution in [0.5, 0.6) is 0 Å². The molecule has 5 nitrogen and oxygen atoms in total. The van der Waals surface area contributed by atoms with Gasteiger partial charge < -0.3 is 5.32 Å². The predicted octanol–water partition coefficient (Wildman–Crippen LogP) is 4.68. The molecule has 0 saturated heterocycles. The number of allylic oxidation sites excluding steroid dienone is 2. The quantitative estimate of drug-likeness (QED) is 0.679. The lowest BCUT2D eigenvalue weighted by Crippen LogP contribution is -2.01. The molecule has 1 heterocycles. The number of rotatable bonds is 4. The number of anilines is 1. The molecule has 3 rings (SSSR count). The molecule has 25 heavy (non-hydrogen) atoms. The first-order valence-electron chi connectivity index (χ1n) is 7.09. The van der Waals surface area contributed by atoms with Gasteiger partial charge >= 0.3 is 0 Å². The molecule has 7 heteroatoms. The molecule has 0 spiro atoms. The van der Waals surface area contributed by atoms with E-state index in [0.717, 1.165) is 19.5 Å². The summed E-state index contributed by atoms with van der Waals surface area (Å²) in [5, 5.41) is 30.0. The van der Waals surface area contributed by atoms with Crippen LogP contribution in [-0.2, 0) is 0 Å². The molecule has 0 amide bonds. The largest absolute Gasteiger partial charge is 0.344 e. The Bertz CT molecular complexity index is 1040. The van der Waals surface area contributed by atoms with Gasteiger partial charge in [-0.05, 0) is 24.3 Å². The number of para-hydroxylation sites is 2. The molecule has 1 aromatic heterocycles. The smallest absolute Gasteiger partial charge is 0.163 e. The number of aromatic nitrogens is 1. The van der Waals surface area contributed by atoms with Gasteiger partial charge in [-0.25, -0.2) is 4.98 Å². The van der Waals surface area contributed by atoms with Crippen LogP contribution in [0.3, 0.4) is 0 Å². The summed E-state index contributed by atoms with van der Waals surface area (Å²) in [4.78, 5) is 5.44. The number of hydrogen-bond donors (Lipinski definition) is 1. The Balaban J connectivity index is 1.94. The first-order valence-corrected chi connectivity index (χ1v) is 8.72. The summed E-state index contributed by atoms with van der Waals surface area (Å²) in [5.41, 5.74) is 1.27. The van der Waals surface area contributed by atoms with Crippen molar-refractivity contribution >= 4 is 39.0 Å². The van der Waals surface area contributed by atoms with Crippen molar-refractivity contribution < 1.29 is 0 Å². The molecule has 0 aliphatic carbocycles. The number of nitrogens with one attached hydrogen (secondary N) is 1. The van der Waals surface area contributed by atoms with E-state index in [2.05, 4.69) is 10.3 Å². The van der Waals surface area contributed by atoms with Crippen LogP contribution < -0.4 is 5.32 Å². The molecule has 0 fully saturated rings. The van der Waals surface area contributed by atoms with E-state index in [9.17, 15) is 5.26 Å². The maximum Gasteiger partial charge on any atom is 0.163 e. The van der Waals surface area contributed by atoms with Crippen LogP contribution in [0.25, 0.3) is 10.2 Å². The van der Waals surface area contributed by atoms with E-state index >= 15 is 0 Å². The van der Waals surface area contributed by atoms with Crippen LogP contribution in [-0.4, -0.2) is 4.98 Å². The minimum Gasteiger partial charge on any atom is -0.344 e. The van der Waals surface area contributed by atoms with E-state index in [1.165, 1.54) is 11.8 Å². The highest BCUT2D eigenvalue weighted by atomic mass is 32.2. The molecule has 0 unspecified atom stereocenters. The molecule has 0 radical (unpaired) electrons. The Morgan fingerprint density at radius 2 is 1.68 bits per heavy atom. The molecule has 0 bridgehead atoms. The Morgan fingerprint density at radius 3 is 2.40 bits per heavy atom. The monoisotopic (exact) mass is 359 g/mol. The third-order valence-electron chi connectivity index (χ3n) is 3.20. The first-order chi connectivity index (χ1) is 12.2. The van der Waals surface area contributed by atoms with Crippen LogP contribution in [0.2, 0.25) is 0 Å². The summed E-state index contributed by atoms with van der Waals surface area (Å²) in [5.74, 6) is 0. The Hall–Kier alpha value is -3.31. The van der Waals surface area contributed by atoms with Crippen molar-refractivity contribution in [3.8, 4) is 18.2 Å². The lowest BCUT2D eigenvalue weighted by atomic mass is 10.2. The van der Waals surface area contributed by atoms with Gasteiger partial charge in [0, 0.05) is 4.90 Å². The molecule has 0 aliphatic rings. The number of hydrogen-bond acceptors (Lipinski definition) is 7. The molecule has 0 saturated carbocycles. The second-order valence-corrected chi connectivity index (χ2v) is 7.08. The van der Waals surface area contributed by atoms with Gasteiger partial charge in [-0.2, -0.15) is 15.8 Å². The average molecular weight is 359 g/mol. The fraction of sp³-hybridized carbons (Fsp3) is 0. The summed E-state index contributed by atoms with van der Waals surface area (Å²) >= 11 is 3.05. The van der Waals surface area contributed by atoms with E-state index in [-0.39, 0.29) is 11.3 Å². The lowest BCUT2D eigenvalue weighted by molar-refractivity contribution is 1.28. The first kappa shape index (κ1) is 16.5. The molecule has 3 aromatic rings. The van der Waals surface area contributed by atoms with Crippen LogP contribution >= 0.6 is 23.1 Å². The molecule has 1 N–H and O–H groups in total. The van der Waals surface area contributed by atoms with Crippen LogP contribution in [0.4, 0.5) is 5.69 Å². The maximum atomic E-state index is 9.21. The van der Waals surface area contributed by atoms with E-state index in [1.807, 2.05) is 48.5 Å². The van der Waals surface area contributed by atoms with Gasteiger partial charge in [-0.3, -0.25) is 0 Å². The second kappa shape index (κ2) is 7.51. The predicted molar refractivity (Wildman–Crippen MR) is 97.7 cm³/mol. The van der Waals surface area contributed by atoms with Gasteiger partial charge in [0.2, 0.25) is 0 Å². The van der Waals surface area contributed by atoms with Gasteiger partial charge in [0.05, 0.1) is 15.9 Å². The maximum absolute atomic E-state index is 9.21. The third-order valence-corrected chi connectivity index (χ3v) is 5.38. The summed E-state index contributed by atoms with van der Waals surface area (Å²) in [7, 11) is 0. The van der Waals surface area contributed by atoms with Gasteiger partial charge in [0.1, 0.15) is 23.9 Å². The highest BCUT2D eigenvalue weighted by Crippen LogP contribution is 2.38. The van der Waals surface area contributed by atoms with Crippen molar-refractivity contribution in [3.63, 3.8) is 0 Å². The highest BCUT2D eigenvalue weighted by Gasteiger charge is 2.12. The summed E-state index contributed by atoms with van der Waals surface area (Å²) in [6.45, 7) is 0. The molecule has 0 aliphatic heterocycles. The van der Waals surface area contributed by atoms with Crippen LogP contribution in [0, 0.1) is 34.0 Å². The number of nitriles is 3.